The van der Waals surface area contributed by atoms with Crippen LogP contribution in [0.15, 0.2) is 0 Å². The zero-order valence-electron chi connectivity index (χ0n) is 28.6. The maximum atomic E-state index is 12.3. The van der Waals surface area contributed by atoms with Crippen LogP contribution in [0.1, 0.15) is 99.8 Å². The van der Waals surface area contributed by atoms with Crippen molar-refractivity contribution in [2.75, 3.05) is 26.0 Å². The Labute approximate surface area is 270 Å². The lowest BCUT2D eigenvalue weighted by Gasteiger charge is -2.63. The van der Waals surface area contributed by atoms with Crippen LogP contribution < -0.4 is 0 Å². The molecule has 5 aliphatic carbocycles. The molecule has 2 saturated heterocycles. The fraction of sp³-hybridized carbons (Fsp3) is 0.943. The van der Waals surface area contributed by atoms with Crippen LogP contribution in [0.2, 0.25) is 0 Å². The van der Waals surface area contributed by atoms with Crippen LogP contribution in [0.25, 0.3) is 0 Å². The second kappa shape index (κ2) is 10.1. The highest BCUT2D eigenvalue weighted by molar-refractivity contribution is 7.88. The summed E-state index contributed by atoms with van der Waals surface area (Å²) >= 11 is 0. The first-order valence-corrected chi connectivity index (χ1v) is 19.3. The molecule has 3 N–H and O–H groups in total. The first kappa shape index (κ1) is 33.2. The van der Waals surface area contributed by atoms with E-state index < -0.39 is 34.1 Å². The standard InChI is InChI=1S/C35H57NO8S/c1-20-17-21(28(37)31(4,5)39)43-27-26(20)32(6)13-14-35-19-34(35)12-11-24(44-25-18-36(15-16-42-25)45(8,40)41)30(2,3)22(34)9-10-23(35)33(32,7)29(27)38/h20,22-26,28-29,37-39H,9-19H2,1-8H3/t20-,22+,23+,24?,25+,26?,28+,29+,32-,33-,34-,35?/m1/s1. The van der Waals surface area contributed by atoms with E-state index in [1.807, 2.05) is 0 Å². The van der Waals surface area contributed by atoms with Crippen LogP contribution in [0.3, 0.4) is 0 Å². The van der Waals surface area contributed by atoms with Gasteiger partial charge in [0.25, 0.3) is 0 Å². The fourth-order valence-corrected chi connectivity index (χ4v) is 13.7. The van der Waals surface area contributed by atoms with Gasteiger partial charge in [0.05, 0.1) is 37.2 Å². The number of sulfonamides is 1. The Balaban J connectivity index is 1.13. The van der Waals surface area contributed by atoms with Crippen molar-refractivity contribution >= 4 is 10.0 Å². The van der Waals surface area contributed by atoms with Crippen LogP contribution >= 0.6 is 0 Å². The van der Waals surface area contributed by atoms with Gasteiger partial charge in [0, 0.05) is 17.9 Å². The van der Waals surface area contributed by atoms with Gasteiger partial charge in [-0.25, -0.2) is 8.42 Å². The Morgan fingerprint density at radius 3 is 2.38 bits per heavy atom. The molecule has 2 spiro atoms. The summed E-state index contributed by atoms with van der Waals surface area (Å²) in [4.78, 5) is 0. The highest BCUT2D eigenvalue weighted by Gasteiger charge is 2.85. The lowest BCUT2D eigenvalue weighted by Crippen LogP contribution is -2.60. The minimum atomic E-state index is -3.30. The molecule has 7 fully saturated rings. The molecule has 7 rings (SSSR count). The number of nitrogens with zero attached hydrogens (tertiary/aromatic N) is 1. The summed E-state index contributed by atoms with van der Waals surface area (Å²) in [6.07, 6.45) is 8.27. The maximum Gasteiger partial charge on any atom is 0.211 e. The molecule has 0 aromatic rings. The highest BCUT2D eigenvalue weighted by atomic mass is 32.2. The second-order valence-corrected chi connectivity index (χ2v) is 19.8. The molecule has 12 atom stereocenters. The molecular weight excluding hydrogens is 594 g/mol. The number of morpholine rings is 1. The predicted octanol–water partition coefficient (Wildman–Crippen LogP) is 4.26. The first-order chi connectivity index (χ1) is 20.7. The Bertz CT molecular complexity index is 1300. The summed E-state index contributed by atoms with van der Waals surface area (Å²) in [5.74, 6) is 1.19. The number of aliphatic hydroxyl groups excluding tert-OH is 2. The van der Waals surface area contributed by atoms with Crippen molar-refractivity contribution in [1.82, 2.24) is 4.31 Å². The van der Waals surface area contributed by atoms with Gasteiger partial charge in [0.1, 0.15) is 18.3 Å². The van der Waals surface area contributed by atoms with E-state index in [1.54, 1.807) is 13.8 Å². The predicted molar refractivity (Wildman–Crippen MR) is 168 cm³/mol. The smallest absolute Gasteiger partial charge is 0.211 e. The van der Waals surface area contributed by atoms with Gasteiger partial charge in [0.2, 0.25) is 10.0 Å². The first-order valence-electron chi connectivity index (χ1n) is 17.4. The molecule has 45 heavy (non-hydrogen) atoms. The van der Waals surface area contributed by atoms with Crippen LogP contribution in [0.4, 0.5) is 0 Å². The Hall–Kier alpha value is -0.330. The van der Waals surface area contributed by atoms with E-state index in [9.17, 15) is 23.7 Å². The van der Waals surface area contributed by atoms with Crippen LogP contribution in [-0.4, -0.2) is 84.2 Å². The molecule has 0 aromatic heterocycles. The van der Waals surface area contributed by atoms with Crippen molar-refractivity contribution in [2.45, 2.75) is 130 Å². The van der Waals surface area contributed by atoms with E-state index >= 15 is 0 Å². The minimum Gasteiger partial charge on any atom is -0.389 e. The van der Waals surface area contributed by atoms with E-state index in [0.717, 1.165) is 38.2 Å². The molecule has 5 saturated carbocycles. The quantitative estimate of drug-likeness (QED) is 0.403. The molecule has 0 aromatic carbocycles. The summed E-state index contributed by atoms with van der Waals surface area (Å²) in [5.41, 5.74) is -1.44. The van der Waals surface area contributed by atoms with Gasteiger partial charge in [-0.1, -0.05) is 34.6 Å². The molecule has 0 amide bonds. The molecule has 256 valence electrons. The van der Waals surface area contributed by atoms with Gasteiger partial charge in [-0.3, -0.25) is 0 Å². The normalized spacial score (nSPS) is 51.0. The molecule has 7 aliphatic rings. The number of hydrogen-bond acceptors (Lipinski definition) is 8. The van der Waals surface area contributed by atoms with Crippen molar-refractivity contribution in [2.24, 2.45) is 50.7 Å². The molecule has 2 radical (unpaired) electrons. The van der Waals surface area contributed by atoms with Gasteiger partial charge in [0.15, 0.2) is 6.29 Å². The topological polar surface area (TPSA) is 126 Å². The van der Waals surface area contributed by atoms with Crippen molar-refractivity contribution in [3.8, 4) is 0 Å². The Kier molecular flexibility index (Phi) is 7.46. The van der Waals surface area contributed by atoms with Crippen molar-refractivity contribution < 1.29 is 37.9 Å². The lowest BCUT2D eigenvalue weighted by atomic mass is 9.41. The van der Waals surface area contributed by atoms with Crippen molar-refractivity contribution in [1.29, 1.82) is 0 Å². The third-order valence-corrected chi connectivity index (χ3v) is 16.4. The van der Waals surface area contributed by atoms with Gasteiger partial charge in [-0.2, -0.15) is 4.31 Å². The Morgan fingerprint density at radius 1 is 1.04 bits per heavy atom. The van der Waals surface area contributed by atoms with E-state index in [4.69, 9.17) is 14.2 Å². The summed E-state index contributed by atoms with van der Waals surface area (Å²) in [5, 5.41) is 33.9. The van der Waals surface area contributed by atoms with Crippen LogP contribution in [0.5, 0.6) is 0 Å². The minimum absolute atomic E-state index is 0.00261. The van der Waals surface area contributed by atoms with E-state index in [-0.39, 0.29) is 51.6 Å². The van der Waals surface area contributed by atoms with Gasteiger partial charge in [-0.05, 0) is 105 Å². The fourth-order valence-electron chi connectivity index (χ4n) is 12.9. The van der Waals surface area contributed by atoms with E-state index in [0.29, 0.717) is 37.5 Å². The molecular formula is C35H57NO8S. The van der Waals surface area contributed by atoms with Gasteiger partial charge in [-0.15, -0.1) is 0 Å². The lowest BCUT2D eigenvalue weighted by molar-refractivity contribution is -0.243. The van der Waals surface area contributed by atoms with Crippen LogP contribution in [-0.2, 0) is 24.2 Å². The third-order valence-electron chi connectivity index (χ3n) is 15.1. The zero-order chi connectivity index (χ0) is 32.8. The number of hydrogen-bond donors (Lipinski definition) is 3. The highest BCUT2D eigenvalue weighted by Crippen LogP contribution is 2.89. The SMILES string of the molecule is C[C@@H]1C[C]([C@H](O)C(C)(C)O)O[C]2C1[C@@]1(C)CCC34C[C@@]35CCC(O[C@H]3CN(S(C)(=O)=O)CCO3)C(C)(C)[C@@H]5CC[C@H]4[C@]1(C)[C@H]2O. The van der Waals surface area contributed by atoms with Gasteiger partial charge >= 0.3 is 0 Å². The monoisotopic (exact) mass is 651 g/mol. The summed E-state index contributed by atoms with van der Waals surface area (Å²) < 4.78 is 45.0. The van der Waals surface area contributed by atoms with Gasteiger partial charge < -0.3 is 29.5 Å². The van der Waals surface area contributed by atoms with E-state index in [1.165, 1.54) is 23.4 Å². The Morgan fingerprint density at radius 2 is 1.71 bits per heavy atom. The molecule has 10 heteroatoms. The van der Waals surface area contributed by atoms with Crippen LogP contribution in [0, 0.1) is 63.0 Å². The van der Waals surface area contributed by atoms with Crippen molar-refractivity contribution in [3.05, 3.63) is 12.2 Å². The number of fused-ring (bicyclic) bond motifs is 4. The number of ether oxygens (including phenoxy) is 3. The average molecular weight is 652 g/mol. The zero-order valence-corrected chi connectivity index (χ0v) is 29.5. The van der Waals surface area contributed by atoms with Crippen molar-refractivity contribution in [3.63, 3.8) is 0 Å². The number of aliphatic hydroxyl groups is 3. The molecule has 2 aliphatic heterocycles. The average Bonchev–Trinajstić information content (AvgIpc) is 3.58. The number of rotatable bonds is 5. The van der Waals surface area contributed by atoms with E-state index in [2.05, 4.69) is 34.6 Å². The second-order valence-electron chi connectivity index (χ2n) is 17.9. The third kappa shape index (κ3) is 4.37. The molecule has 3 unspecified atom stereocenters. The molecule has 2 heterocycles. The largest absolute Gasteiger partial charge is 0.389 e. The summed E-state index contributed by atoms with van der Waals surface area (Å²) in [7, 11) is -3.30. The molecule has 0 bridgehead atoms. The maximum absolute atomic E-state index is 12.3. The summed E-state index contributed by atoms with van der Waals surface area (Å²) in [6, 6.07) is 0. The summed E-state index contributed by atoms with van der Waals surface area (Å²) in [6.45, 7) is 15.9. The molecule has 9 nitrogen and oxygen atoms in total.